The summed E-state index contributed by atoms with van der Waals surface area (Å²) in [5.74, 6) is 0.672. The molecule has 4 nitrogen and oxygen atoms in total. The van der Waals surface area contributed by atoms with Crippen LogP contribution < -0.4 is 5.32 Å². The molecule has 0 aliphatic carbocycles. The van der Waals surface area contributed by atoms with Gasteiger partial charge in [-0.25, -0.2) is 0 Å². The van der Waals surface area contributed by atoms with E-state index in [0.29, 0.717) is 11.6 Å². The third-order valence-corrected chi connectivity index (χ3v) is 5.07. The molecule has 0 saturated heterocycles. The van der Waals surface area contributed by atoms with Crippen LogP contribution in [0, 0.1) is 0 Å². The largest absolute Gasteiger partial charge is 0.300 e. The van der Waals surface area contributed by atoms with Crippen molar-refractivity contribution < 1.29 is 4.79 Å². The van der Waals surface area contributed by atoms with Gasteiger partial charge in [0.05, 0.1) is 12.2 Å². The van der Waals surface area contributed by atoms with Crippen molar-refractivity contribution in [1.82, 2.24) is 10.2 Å². The number of carbonyl (C=O) groups excluding carboxylic acids is 1. The molecule has 0 bridgehead atoms. The van der Waals surface area contributed by atoms with E-state index in [9.17, 15) is 4.79 Å². The van der Waals surface area contributed by atoms with Crippen LogP contribution in [0.2, 0.25) is 0 Å². The van der Waals surface area contributed by atoms with Crippen LogP contribution in [0.15, 0.2) is 65.6 Å². The lowest BCUT2D eigenvalue weighted by Gasteiger charge is -2.00. The van der Waals surface area contributed by atoms with Gasteiger partial charge in [0.2, 0.25) is 11.0 Å². The van der Waals surface area contributed by atoms with Crippen molar-refractivity contribution in [3.8, 4) is 0 Å². The Morgan fingerprint density at radius 1 is 1.00 bits per heavy atom. The first-order valence-electron chi connectivity index (χ1n) is 7.13. The molecular formula is C17H15N3OS2. The monoisotopic (exact) mass is 341 g/mol. The van der Waals surface area contributed by atoms with Crippen LogP contribution in [0.5, 0.6) is 0 Å². The second-order valence-electron chi connectivity index (χ2n) is 4.81. The molecule has 6 heteroatoms. The number of anilines is 1. The molecule has 2 aromatic carbocycles. The topological polar surface area (TPSA) is 54.9 Å². The van der Waals surface area contributed by atoms with Gasteiger partial charge in [-0.3, -0.25) is 4.79 Å². The van der Waals surface area contributed by atoms with Crippen molar-refractivity contribution in [1.29, 1.82) is 0 Å². The second kappa shape index (κ2) is 7.89. The molecule has 0 fully saturated rings. The molecule has 116 valence electrons. The average Bonchev–Trinajstić information content (AvgIpc) is 3.02. The summed E-state index contributed by atoms with van der Waals surface area (Å²) >= 11 is 3.12. The predicted octanol–water partition coefficient (Wildman–Crippen LogP) is 4.01. The van der Waals surface area contributed by atoms with Gasteiger partial charge in [-0.05, 0) is 17.7 Å². The maximum absolute atomic E-state index is 12.0. The number of benzene rings is 2. The average molecular weight is 341 g/mol. The fraction of sp³-hybridized carbons (Fsp3) is 0.118. The van der Waals surface area contributed by atoms with Gasteiger partial charge in [0.1, 0.15) is 5.01 Å². The Hall–Kier alpha value is -2.18. The molecule has 0 unspecified atom stereocenters. The molecule has 0 atom stereocenters. The highest BCUT2D eigenvalue weighted by Crippen LogP contribution is 2.25. The molecule has 0 aliphatic rings. The van der Waals surface area contributed by atoms with E-state index in [0.717, 1.165) is 16.3 Å². The fourth-order valence-corrected chi connectivity index (χ4v) is 3.63. The number of thioether (sulfide) groups is 1. The molecule has 1 aromatic heterocycles. The molecular weight excluding hydrogens is 326 g/mol. The minimum absolute atomic E-state index is 0.0744. The van der Waals surface area contributed by atoms with Gasteiger partial charge < -0.3 is 5.32 Å². The molecule has 0 saturated carbocycles. The predicted molar refractivity (Wildman–Crippen MR) is 94.7 cm³/mol. The van der Waals surface area contributed by atoms with Crippen LogP contribution in [-0.4, -0.2) is 16.1 Å². The summed E-state index contributed by atoms with van der Waals surface area (Å²) in [5.41, 5.74) is 0.981. The molecule has 3 rings (SSSR count). The number of hydrogen-bond acceptors (Lipinski definition) is 5. The van der Waals surface area contributed by atoms with Gasteiger partial charge in [0.15, 0.2) is 0 Å². The molecule has 0 aliphatic heterocycles. The second-order valence-corrected chi connectivity index (χ2v) is 6.92. The number of carbonyl (C=O) groups is 1. The van der Waals surface area contributed by atoms with Crippen LogP contribution in [0.25, 0.3) is 0 Å². The summed E-state index contributed by atoms with van der Waals surface area (Å²) in [5, 5.41) is 12.4. The number of hydrogen-bond donors (Lipinski definition) is 1. The van der Waals surface area contributed by atoms with Gasteiger partial charge in [0, 0.05) is 4.90 Å². The summed E-state index contributed by atoms with van der Waals surface area (Å²) in [7, 11) is 0. The third-order valence-electron chi connectivity index (χ3n) is 3.03. The van der Waals surface area contributed by atoms with Crippen molar-refractivity contribution in [2.24, 2.45) is 0 Å². The molecule has 3 aromatic rings. The quantitative estimate of drug-likeness (QED) is 0.688. The summed E-state index contributed by atoms with van der Waals surface area (Å²) in [6.45, 7) is 0. The van der Waals surface area contributed by atoms with Gasteiger partial charge in [-0.1, -0.05) is 59.9 Å². The summed E-state index contributed by atoms with van der Waals surface area (Å²) in [4.78, 5) is 13.2. The van der Waals surface area contributed by atoms with Gasteiger partial charge in [-0.2, -0.15) is 0 Å². The van der Waals surface area contributed by atoms with E-state index in [2.05, 4.69) is 27.6 Å². The molecule has 23 heavy (non-hydrogen) atoms. The number of rotatable bonds is 6. The van der Waals surface area contributed by atoms with Crippen LogP contribution in [0.3, 0.4) is 0 Å². The minimum Gasteiger partial charge on any atom is -0.300 e. The summed E-state index contributed by atoms with van der Waals surface area (Å²) in [6.07, 6.45) is 0.342. The SMILES string of the molecule is O=C(Cc1ccccc1)Nc1nnc(CSc2ccccc2)s1. The molecule has 1 amide bonds. The Kier molecular flexibility index (Phi) is 5.39. The van der Waals surface area contributed by atoms with E-state index in [1.165, 1.54) is 16.2 Å². The number of aromatic nitrogens is 2. The lowest BCUT2D eigenvalue weighted by Crippen LogP contribution is -2.14. The first kappa shape index (κ1) is 15.7. The molecule has 1 N–H and O–H groups in total. The Balaban J connectivity index is 1.52. The van der Waals surface area contributed by atoms with Crippen molar-refractivity contribution >= 4 is 34.1 Å². The maximum Gasteiger partial charge on any atom is 0.230 e. The number of nitrogens with zero attached hydrogens (tertiary/aromatic N) is 2. The van der Waals surface area contributed by atoms with Crippen LogP contribution in [0.1, 0.15) is 10.6 Å². The lowest BCUT2D eigenvalue weighted by atomic mass is 10.1. The van der Waals surface area contributed by atoms with E-state index in [1.54, 1.807) is 11.8 Å². The van der Waals surface area contributed by atoms with E-state index in [-0.39, 0.29) is 5.91 Å². The zero-order valence-corrected chi connectivity index (χ0v) is 13.9. The van der Waals surface area contributed by atoms with Gasteiger partial charge >= 0.3 is 0 Å². The zero-order valence-electron chi connectivity index (χ0n) is 12.3. The maximum atomic E-state index is 12.0. The van der Waals surface area contributed by atoms with Gasteiger partial charge in [-0.15, -0.1) is 22.0 Å². The van der Waals surface area contributed by atoms with Crippen molar-refractivity contribution in [2.45, 2.75) is 17.1 Å². The molecule has 0 spiro atoms. The zero-order chi connectivity index (χ0) is 15.9. The van der Waals surface area contributed by atoms with E-state index < -0.39 is 0 Å². The summed E-state index contributed by atoms with van der Waals surface area (Å²) in [6, 6.07) is 19.8. The Morgan fingerprint density at radius 2 is 1.70 bits per heavy atom. The Morgan fingerprint density at radius 3 is 2.43 bits per heavy atom. The minimum atomic E-state index is -0.0744. The Bertz CT molecular complexity index is 760. The summed E-state index contributed by atoms with van der Waals surface area (Å²) < 4.78 is 0. The van der Waals surface area contributed by atoms with E-state index in [1.807, 2.05) is 48.5 Å². The van der Waals surface area contributed by atoms with Crippen LogP contribution in [0.4, 0.5) is 5.13 Å². The van der Waals surface area contributed by atoms with E-state index >= 15 is 0 Å². The van der Waals surface area contributed by atoms with Gasteiger partial charge in [0.25, 0.3) is 0 Å². The highest BCUT2D eigenvalue weighted by Gasteiger charge is 2.09. The highest BCUT2D eigenvalue weighted by atomic mass is 32.2. The normalized spacial score (nSPS) is 10.4. The van der Waals surface area contributed by atoms with Crippen LogP contribution in [-0.2, 0) is 17.0 Å². The standard InChI is InChI=1S/C17H15N3OS2/c21-15(11-13-7-3-1-4-8-13)18-17-20-19-16(23-17)12-22-14-9-5-2-6-10-14/h1-10H,11-12H2,(H,18,20,21). The van der Waals surface area contributed by atoms with E-state index in [4.69, 9.17) is 0 Å². The first-order valence-corrected chi connectivity index (χ1v) is 8.94. The van der Waals surface area contributed by atoms with Crippen LogP contribution >= 0.6 is 23.1 Å². The lowest BCUT2D eigenvalue weighted by molar-refractivity contribution is -0.115. The van der Waals surface area contributed by atoms with Crippen molar-refractivity contribution in [3.63, 3.8) is 0 Å². The fourth-order valence-electron chi connectivity index (χ4n) is 1.97. The molecule has 0 radical (unpaired) electrons. The molecule has 1 heterocycles. The number of amides is 1. The highest BCUT2D eigenvalue weighted by molar-refractivity contribution is 7.98. The number of nitrogens with one attached hydrogen (secondary N) is 1. The first-order chi connectivity index (χ1) is 11.3. The van der Waals surface area contributed by atoms with Crippen molar-refractivity contribution in [2.75, 3.05) is 5.32 Å². The smallest absolute Gasteiger partial charge is 0.230 e. The third kappa shape index (κ3) is 4.91. The Labute approximate surface area is 143 Å². The van der Waals surface area contributed by atoms with Crippen molar-refractivity contribution in [3.05, 3.63) is 71.2 Å².